The molecule has 0 aliphatic heterocycles. The predicted molar refractivity (Wildman–Crippen MR) is 100.0 cm³/mol. The van der Waals surface area contributed by atoms with Crippen LogP contribution in [0.15, 0.2) is 36.5 Å². The number of carbonyl (C=O) groups is 1. The van der Waals surface area contributed by atoms with Gasteiger partial charge in [0.2, 0.25) is 0 Å². The Bertz CT molecular complexity index is 915. The van der Waals surface area contributed by atoms with Crippen LogP contribution in [0.25, 0.3) is 11.0 Å². The molecule has 3 rings (SSSR count). The average molecular weight is 357 g/mol. The molecule has 1 amide bonds. The van der Waals surface area contributed by atoms with Gasteiger partial charge in [0.05, 0.1) is 23.2 Å². The highest BCUT2D eigenvalue weighted by Gasteiger charge is 2.18. The lowest BCUT2D eigenvalue weighted by molar-refractivity contribution is 0.0941. The summed E-state index contributed by atoms with van der Waals surface area (Å²) in [5.74, 6) is -0.138. The number of halogens is 1. The number of hydrogen-bond acceptors (Lipinski definition) is 3. The molecule has 1 aromatic carbocycles. The van der Waals surface area contributed by atoms with Crippen molar-refractivity contribution in [2.75, 3.05) is 0 Å². The summed E-state index contributed by atoms with van der Waals surface area (Å²) < 4.78 is 1.84. The van der Waals surface area contributed by atoms with Crippen molar-refractivity contribution in [3.8, 4) is 0 Å². The summed E-state index contributed by atoms with van der Waals surface area (Å²) in [6, 6.07) is 9.32. The van der Waals surface area contributed by atoms with E-state index < -0.39 is 0 Å². The number of nitrogens with zero attached hydrogens (tertiary/aromatic N) is 3. The lowest BCUT2D eigenvalue weighted by Crippen LogP contribution is -2.27. The smallest absolute Gasteiger partial charge is 0.252 e. The summed E-state index contributed by atoms with van der Waals surface area (Å²) in [6.07, 6.45) is 1.71. The van der Waals surface area contributed by atoms with Crippen LogP contribution in [0.1, 0.15) is 54.5 Å². The van der Waals surface area contributed by atoms with Gasteiger partial charge in [-0.3, -0.25) is 4.79 Å². The maximum absolute atomic E-state index is 12.8. The van der Waals surface area contributed by atoms with Crippen molar-refractivity contribution in [1.82, 2.24) is 20.1 Å². The maximum atomic E-state index is 12.8. The molecule has 0 radical (unpaired) electrons. The standard InChI is InChI=1S/C19H21ClN4O/c1-11(2)24-18-17(10-21-24)16(9-12(3)22-18)19(25)23-13(4)14-5-7-15(20)8-6-14/h5-11,13H,1-4H3,(H,23,25)/t13-/m0/s1. The van der Waals surface area contributed by atoms with Crippen LogP contribution in [0.4, 0.5) is 0 Å². The number of carbonyl (C=O) groups excluding carboxylic acids is 1. The first-order valence-electron chi connectivity index (χ1n) is 8.28. The zero-order chi connectivity index (χ0) is 18.1. The van der Waals surface area contributed by atoms with E-state index in [2.05, 4.69) is 15.4 Å². The average Bonchev–Trinajstić information content (AvgIpc) is 2.98. The first kappa shape index (κ1) is 17.4. The van der Waals surface area contributed by atoms with E-state index in [0.29, 0.717) is 10.6 Å². The van der Waals surface area contributed by atoms with Crippen LogP contribution in [0.2, 0.25) is 5.02 Å². The molecule has 130 valence electrons. The van der Waals surface area contributed by atoms with Crippen LogP contribution in [0, 0.1) is 6.92 Å². The Hall–Kier alpha value is -2.40. The molecule has 2 heterocycles. The van der Waals surface area contributed by atoms with Crippen molar-refractivity contribution in [2.45, 2.75) is 39.8 Å². The third-order valence-corrected chi connectivity index (χ3v) is 4.40. The van der Waals surface area contributed by atoms with E-state index in [4.69, 9.17) is 11.6 Å². The Balaban J connectivity index is 1.93. The predicted octanol–water partition coefficient (Wildman–Crippen LogP) is 4.47. The highest BCUT2D eigenvalue weighted by Crippen LogP contribution is 2.22. The molecular formula is C19H21ClN4O. The molecule has 0 fully saturated rings. The van der Waals surface area contributed by atoms with Gasteiger partial charge in [-0.25, -0.2) is 9.67 Å². The van der Waals surface area contributed by atoms with Crippen molar-refractivity contribution in [1.29, 1.82) is 0 Å². The molecule has 0 bridgehead atoms. The molecule has 1 atom stereocenters. The summed E-state index contributed by atoms with van der Waals surface area (Å²) in [7, 11) is 0. The molecule has 1 N–H and O–H groups in total. The van der Waals surface area contributed by atoms with Crippen molar-refractivity contribution < 1.29 is 4.79 Å². The summed E-state index contributed by atoms with van der Waals surface area (Å²) in [5, 5.41) is 8.87. The minimum Gasteiger partial charge on any atom is -0.345 e. The monoisotopic (exact) mass is 356 g/mol. The van der Waals surface area contributed by atoms with Gasteiger partial charge in [-0.15, -0.1) is 0 Å². The lowest BCUT2D eigenvalue weighted by Gasteiger charge is -2.15. The van der Waals surface area contributed by atoms with Gasteiger partial charge >= 0.3 is 0 Å². The summed E-state index contributed by atoms with van der Waals surface area (Å²) >= 11 is 5.92. The van der Waals surface area contributed by atoms with Gasteiger partial charge in [-0.05, 0) is 51.5 Å². The molecule has 0 saturated carbocycles. The highest BCUT2D eigenvalue weighted by molar-refractivity contribution is 6.30. The summed E-state index contributed by atoms with van der Waals surface area (Å²) in [5.41, 5.74) is 3.12. The minimum absolute atomic E-state index is 0.131. The van der Waals surface area contributed by atoms with Crippen LogP contribution < -0.4 is 5.32 Å². The first-order valence-corrected chi connectivity index (χ1v) is 8.66. The Labute approximate surface area is 152 Å². The van der Waals surface area contributed by atoms with Crippen molar-refractivity contribution >= 4 is 28.5 Å². The number of amides is 1. The molecule has 0 saturated heterocycles. The lowest BCUT2D eigenvalue weighted by atomic mass is 10.1. The van der Waals surface area contributed by atoms with Crippen LogP contribution in [0.5, 0.6) is 0 Å². The van der Waals surface area contributed by atoms with E-state index in [9.17, 15) is 4.79 Å². The third kappa shape index (κ3) is 3.51. The fourth-order valence-electron chi connectivity index (χ4n) is 2.82. The summed E-state index contributed by atoms with van der Waals surface area (Å²) in [4.78, 5) is 17.4. The quantitative estimate of drug-likeness (QED) is 0.750. The van der Waals surface area contributed by atoms with Crippen molar-refractivity contribution in [2.24, 2.45) is 0 Å². The number of hydrogen-bond donors (Lipinski definition) is 1. The molecule has 0 aliphatic rings. The number of nitrogens with one attached hydrogen (secondary N) is 1. The normalized spacial score (nSPS) is 12.6. The van der Waals surface area contributed by atoms with E-state index in [1.54, 1.807) is 12.3 Å². The second-order valence-corrected chi connectivity index (χ2v) is 6.91. The number of aromatic nitrogens is 3. The largest absolute Gasteiger partial charge is 0.345 e. The molecule has 0 unspecified atom stereocenters. The van der Waals surface area contributed by atoms with Crippen LogP contribution in [0.3, 0.4) is 0 Å². The van der Waals surface area contributed by atoms with Crippen molar-refractivity contribution in [3.63, 3.8) is 0 Å². The van der Waals surface area contributed by atoms with Gasteiger partial charge in [0.15, 0.2) is 5.65 Å². The van der Waals surface area contributed by atoms with E-state index >= 15 is 0 Å². The van der Waals surface area contributed by atoms with E-state index in [0.717, 1.165) is 22.3 Å². The van der Waals surface area contributed by atoms with Crippen LogP contribution >= 0.6 is 11.6 Å². The second kappa shape index (κ2) is 6.84. The molecule has 3 aromatic rings. The molecule has 2 aromatic heterocycles. The Kier molecular flexibility index (Phi) is 4.77. The molecule has 6 heteroatoms. The second-order valence-electron chi connectivity index (χ2n) is 6.48. The molecule has 0 spiro atoms. The Morgan fingerprint density at radius 1 is 1.20 bits per heavy atom. The van der Waals surface area contributed by atoms with E-state index in [-0.39, 0.29) is 18.0 Å². The highest BCUT2D eigenvalue weighted by atomic mass is 35.5. The SMILES string of the molecule is Cc1cc(C(=O)N[C@@H](C)c2ccc(Cl)cc2)c2cnn(C(C)C)c2n1. The first-order chi connectivity index (χ1) is 11.9. The van der Waals surface area contributed by atoms with Crippen molar-refractivity contribution in [3.05, 3.63) is 58.4 Å². The number of rotatable bonds is 4. The maximum Gasteiger partial charge on any atom is 0.252 e. The topological polar surface area (TPSA) is 59.8 Å². The zero-order valence-corrected chi connectivity index (χ0v) is 15.5. The van der Waals surface area contributed by atoms with E-state index in [1.807, 2.05) is 56.6 Å². The zero-order valence-electron chi connectivity index (χ0n) is 14.7. The van der Waals surface area contributed by atoms with Crippen LogP contribution in [-0.2, 0) is 0 Å². The molecule has 0 aliphatic carbocycles. The van der Waals surface area contributed by atoms with Gasteiger partial charge in [0, 0.05) is 16.8 Å². The fourth-order valence-corrected chi connectivity index (χ4v) is 2.94. The Morgan fingerprint density at radius 2 is 1.88 bits per heavy atom. The number of pyridine rings is 1. The Morgan fingerprint density at radius 3 is 2.52 bits per heavy atom. The minimum atomic E-state index is -0.138. The van der Waals surface area contributed by atoms with Gasteiger partial charge in [0.25, 0.3) is 5.91 Å². The van der Waals surface area contributed by atoms with Crippen LogP contribution in [-0.4, -0.2) is 20.7 Å². The number of aryl methyl sites for hydroxylation is 1. The summed E-state index contributed by atoms with van der Waals surface area (Å²) in [6.45, 7) is 7.91. The van der Waals surface area contributed by atoms with Gasteiger partial charge in [-0.1, -0.05) is 23.7 Å². The van der Waals surface area contributed by atoms with Gasteiger partial charge in [0.1, 0.15) is 0 Å². The number of benzene rings is 1. The third-order valence-electron chi connectivity index (χ3n) is 4.15. The number of fused-ring (bicyclic) bond motifs is 1. The van der Waals surface area contributed by atoms with E-state index in [1.165, 1.54) is 0 Å². The van der Waals surface area contributed by atoms with Gasteiger partial charge in [-0.2, -0.15) is 5.10 Å². The fraction of sp³-hybridized carbons (Fsp3) is 0.316. The molecule has 5 nitrogen and oxygen atoms in total. The molecule has 25 heavy (non-hydrogen) atoms. The van der Waals surface area contributed by atoms with Gasteiger partial charge < -0.3 is 5.32 Å². The molecular weight excluding hydrogens is 336 g/mol.